The summed E-state index contributed by atoms with van der Waals surface area (Å²) in [5, 5.41) is 10.4. The molecule has 0 fully saturated rings. The van der Waals surface area contributed by atoms with E-state index in [1.165, 1.54) is 0 Å². The van der Waals surface area contributed by atoms with Gasteiger partial charge in [-0.25, -0.2) is 4.68 Å². The van der Waals surface area contributed by atoms with E-state index >= 15 is 0 Å². The highest BCUT2D eigenvalue weighted by molar-refractivity contribution is 6.31. The summed E-state index contributed by atoms with van der Waals surface area (Å²) in [6.07, 6.45) is 4.67. The standard InChI is InChI=1S/C29H26ClN7O2/c1-34-23-13-18(22-8-10-32-35(22)2)12-21-25(23)19(15-31-21)14-24(28(34)38)36-11-9-20-26(29(36)39)33-37(27(20)30)16-17-6-4-3-5-7-17/h3-8,10,12-13,15,24,31H,9,11,14,16H2,1-2H3/t24-/m0/s1. The molecule has 5 heterocycles. The zero-order chi connectivity index (χ0) is 26.8. The first-order valence-electron chi connectivity index (χ1n) is 12.9. The van der Waals surface area contributed by atoms with Gasteiger partial charge in [-0.15, -0.1) is 0 Å². The third-order valence-electron chi connectivity index (χ3n) is 7.95. The van der Waals surface area contributed by atoms with Gasteiger partial charge in [-0.2, -0.15) is 10.2 Å². The summed E-state index contributed by atoms with van der Waals surface area (Å²) in [6, 6.07) is 15.3. The first-order valence-corrected chi connectivity index (χ1v) is 13.3. The second-order valence-electron chi connectivity index (χ2n) is 10.2. The van der Waals surface area contributed by atoms with Gasteiger partial charge in [0.1, 0.15) is 11.2 Å². The molecule has 1 N–H and O–H groups in total. The predicted octanol–water partition coefficient (Wildman–Crippen LogP) is 4.05. The zero-order valence-corrected chi connectivity index (χ0v) is 22.3. The summed E-state index contributed by atoms with van der Waals surface area (Å²) in [6.45, 7) is 0.873. The van der Waals surface area contributed by atoms with Crippen LogP contribution in [0.25, 0.3) is 22.2 Å². The van der Waals surface area contributed by atoms with E-state index in [1.54, 1.807) is 27.7 Å². The summed E-state index contributed by atoms with van der Waals surface area (Å²) < 4.78 is 3.49. The van der Waals surface area contributed by atoms with Crippen LogP contribution in [0.2, 0.25) is 5.15 Å². The van der Waals surface area contributed by atoms with E-state index in [9.17, 15) is 9.59 Å². The Labute approximate surface area is 229 Å². The summed E-state index contributed by atoms with van der Waals surface area (Å²) in [5.41, 5.74) is 6.79. The highest BCUT2D eigenvalue weighted by Crippen LogP contribution is 2.39. The number of hydrogen-bond donors (Lipinski definition) is 1. The van der Waals surface area contributed by atoms with Crippen LogP contribution < -0.4 is 4.90 Å². The topological polar surface area (TPSA) is 92.1 Å². The van der Waals surface area contributed by atoms with Gasteiger partial charge in [0.15, 0.2) is 5.69 Å². The van der Waals surface area contributed by atoms with E-state index in [2.05, 4.69) is 21.2 Å². The number of aromatic nitrogens is 5. The molecule has 39 heavy (non-hydrogen) atoms. The monoisotopic (exact) mass is 539 g/mol. The molecule has 0 spiro atoms. The van der Waals surface area contributed by atoms with E-state index in [0.29, 0.717) is 36.8 Å². The Balaban J connectivity index is 1.23. The van der Waals surface area contributed by atoms with Gasteiger partial charge in [-0.05, 0) is 35.7 Å². The molecular formula is C29H26ClN7O2. The van der Waals surface area contributed by atoms with Gasteiger partial charge in [-0.3, -0.25) is 14.3 Å². The SMILES string of the molecule is CN1C(=O)[C@@H](N2CCc3c(nn(Cc4ccccc4)c3Cl)C2=O)Cc2c[nH]c3cc(-c4ccnn4C)cc1c23. The van der Waals surface area contributed by atoms with Crippen LogP contribution >= 0.6 is 11.6 Å². The van der Waals surface area contributed by atoms with Crippen LogP contribution in [-0.4, -0.2) is 60.9 Å². The number of likely N-dealkylation sites (N-methyl/N-ethyl adjacent to an activating group) is 1. The summed E-state index contributed by atoms with van der Waals surface area (Å²) in [5.74, 6) is -0.383. The molecule has 0 saturated carbocycles. The fourth-order valence-corrected chi connectivity index (χ4v) is 6.21. The molecule has 1 atom stereocenters. The van der Waals surface area contributed by atoms with Crippen LogP contribution in [0.4, 0.5) is 5.69 Å². The normalized spacial score (nSPS) is 17.2. The Hall–Kier alpha value is -4.37. The second kappa shape index (κ2) is 8.84. The Morgan fingerprint density at radius 2 is 1.92 bits per heavy atom. The number of anilines is 1. The van der Waals surface area contributed by atoms with Gasteiger partial charge in [-0.1, -0.05) is 41.9 Å². The van der Waals surface area contributed by atoms with Gasteiger partial charge >= 0.3 is 0 Å². The van der Waals surface area contributed by atoms with Crippen molar-refractivity contribution in [3.8, 4) is 11.3 Å². The van der Waals surface area contributed by atoms with Crippen LogP contribution in [0, 0.1) is 0 Å². The highest BCUT2D eigenvalue weighted by atomic mass is 35.5. The van der Waals surface area contributed by atoms with Gasteiger partial charge in [0.05, 0.1) is 17.9 Å². The minimum atomic E-state index is -0.653. The third kappa shape index (κ3) is 3.68. The van der Waals surface area contributed by atoms with Crippen LogP contribution in [0.3, 0.4) is 0 Å². The minimum absolute atomic E-state index is 0.124. The molecule has 0 radical (unpaired) electrons. The molecule has 7 rings (SSSR count). The maximum atomic E-state index is 13.9. The number of carbonyl (C=O) groups excluding carboxylic acids is 2. The first-order chi connectivity index (χ1) is 18.9. The molecule has 2 aliphatic rings. The number of H-pyrrole nitrogens is 1. The van der Waals surface area contributed by atoms with E-state index in [0.717, 1.165) is 44.5 Å². The molecule has 2 aliphatic heterocycles. The van der Waals surface area contributed by atoms with Crippen molar-refractivity contribution >= 4 is 40.0 Å². The minimum Gasteiger partial charge on any atom is -0.361 e. The predicted molar refractivity (Wildman–Crippen MR) is 149 cm³/mol. The number of carbonyl (C=O) groups is 2. The molecule has 5 aromatic rings. The Morgan fingerprint density at radius 1 is 1.10 bits per heavy atom. The number of aromatic amines is 1. The molecule has 10 heteroatoms. The number of amides is 2. The molecule has 3 aromatic heterocycles. The van der Waals surface area contributed by atoms with Gasteiger partial charge in [0.25, 0.3) is 5.91 Å². The molecular weight excluding hydrogens is 514 g/mol. The molecule has 2 amide bonds. The first kappa shape index (κ1) is 23.7. The fraction of sp³-hybridized carbons (Fsp3) is 0.241. The van der Waals surface area contributed by atoms with Crippen molar-refractivity contribution in [3.63, 3.8) is 0 Å². The Kier molecular flexibility index (Phi) is 5.38. The fourth-order valence-electron chi connectivity index (χ4n) is 5.93. The van der Waals surface area contributed by atoms with Crippen molar-refractivity contribution in [3.05, 3.63) is 88.5 Å². The van der Waals surface area contributed by atoms with Crippen molar-refractivity contribution < 1.29 is 9.59 Å². The van der Waals surface area contributed by atoms with E-state index < -0.39 is 6.04 Å². The lowest BCUT2D eigenvalue weighted by Crippen LogP contribution is -2.53. The van der Waals surface area contributed by atoms with Crippen LogP contribution in [-0.2, 0) is 31.2 Å². The lowest BCUT2D eigenvalue weighted by Gasteiger charge is -2.34. The number of benzene rings is 2. The summed E-state index contributed by atoms with van der Waals surface area (Å²) in [4.78, 5) is 34.5. The molecule has 0 bridgehead atoms. The van der Waals surface area contributed by atoms with Crippen molar-refractivity contribution in [2.45, 2.75) is 25.4 Å². The number of fused-ring (bicyclic) bond motifs is 1. The molecule has 2 aromatic carbocycles. The lowest BCUT2D eigenvalue weighted by atomic mass is 10.00. The Bertz CT molecular complexity index is 1770. The summed E-state index contributed by atoms with van der Waals surface area (Å²) in [7, 11) is 3.68. The number of hydrogen-bond acceptors (Lipinski definition) is 4. The molecule has 196 valence electrons. The van der Waals surface area contributed by atoms with Crippen molar-refractivity contribution in [1.29, 1.82) is 0 Å². The van der Waals surface area contributed by atoms with Crippen molar-refractivity contribution in [2.24, 2.45) is 7.05 Å². The maximum absolute atomic E-state index is 13.9. The number of aryl methyl sites for hydroxylation is 1. The molecule has 0 saturated heterocycles. The highest BCUT2D eigenvalue weighted by Gasteiger charge is 2.41. The van der Waals surface area contributed by atoms with Crippen molar-refractivity contribution in [1.82, 2.24) is 29.4 Å². The van der Waals surface area contributed by atoms with Crippen LogP contribution in [0.15, 0.2) is 60.9 Å². The largest absolute Gasteiger partial charge is 0.361 e. The number of nitrogens with zero attached hydrogens (tertiary/aromatic N) is 6. The smallest absolute Gasteiger partial charge is 0.275 e. The van der Waals surface area contributed by atoms with Gasteiger partial charge in [0, 0.05) is 61.5 Å². The maximum Gasteiger partial charge on any atom is 0.275 e. The average molecular weight is 540 g/mol. The van der Waals surface area contributed by atoms with E-state index in [4.69, 9.17) is 11.6 Å². The quantitative estimate of drug-likeness (QED) is 0.373. The summed E-state index contributed by atoms with van der Waals surface area (Å²) >= 11 is 6.68. The number of halogens is 1. The second-order valence-corrected chi connectivity index (χ2v) is 10.6. The van der Waals surface area contributed by atoms with Gasteiger partial charge in [0.2, 0.25) is 5.91 Å². The zero-order valence-electron chi connectivity index (χ0n) is 21.6. The van der Waals surface area contributed by atoms with Gasteiger partial charge < -0.3 is 14.8 Å². The van der Waals surface area contributed by atoms with E-state index in [1.807, 2.05) is 60.4 Å². The third-order valence-corrected chi connectivity index (χ3v) is 8.37. The number of rotatable bonds is 4. The molecule has 0 unspecified atom stereocenters. The van der Waals surface area contributed by atoms with Crippen LogP contribution in [0.5, 0.6) is 0 Å². The average Bonchev–Trinajstić information content (AvgIpc) is 3.63. The van der Waals surface area contributed by atoms with E-state index in [-0.39, 0.29) is 11.8 Å². The Morgan fingerprint density at radius 3 is 2.69 bits per heavy atom. The van der Waals surface area contributed by atoms with Crippen molar-refractivity contribution in [2.75, 3.05) is 18.5 Å². The van der Waals surface area contributed by atoms with Crippen LogP contribution in [0.1, 0.15) is 27.2 Å². The molecule has 9 nitrogen and oxygen atoms in total. The number of nitrogens with one attached hydrogen (secondary N) is 1. The lowest BCUT2D eigenvalue weighted by molar-refractivity contribution is -0.122. The molecule has 0 aliphatic carbocycles.